The van der Waals surface area contributed by atoms with Gasteiger partial charge >= 0.3 is 0 Å². The van der Waals surface area contributed by atoms with Gasteiger partial charge in [-0.05, 0) is 68.4 Å². The van der Waals surface area contributed by atoms with Gasteiger partial charge in [0.05, 0.1) is 42.0 Å². The van der Waals surface area contributed by atoms with E-state index in [0.717, 1.165) is 44.8 Å². The molecule has 3 N–H and O–H groups in total. The first-order chi connectivity index (χ1) is 17.8. The molecular formula is C26H35N5O5S. The number of sulfonamides is 1. The van der Waals surface area contributed by atoms with Gasteiger partial charge in [-0.25, -0.2) is 13.4 Å². The zero-order valence-corrected chi connectivity index (χ0v) is 22.0. The van der Waals surface area contributed by atoms with E-state index in [1.165, 1.54) is 12.8 Å². The van der Waals surface area contributed by atoms with Crippen LogP contribution in [-0.4, -0.2) is 75.7 Å². The molecule has 10 nitrogen and oxygen atoms in total. The average molecular weight is 530 g/mol. The predicted octanol–water partition coefficient (Wildman–Crippen LogP) is 2.67. The number of carbonyl (C=O) groups is 1. The van der Waals surface area contributed by atoms with Crippen LogP contribution in [0.1, 0.15) is 43.0 Å². The second-order valence-electron chi connectivity index (χ2n) is 10.3. The van der Waals surface area contributed by atoms with Crippen molar-refractivity contribution in [1.29, 1.82) is 0 Å². The second kappa shape index (κ2) is 10.5. The molecule has 3 fully saturated rings. The molecule has 0 radical (unpaired) electrons. The molecule has 1 aliphatic carbocycles. The topological polar surface area (TPSA) is 124 Å². The maximum Gasteiger partial charge on any atom is 0.258 e. The van der Waals surface area contributed by atoms with Crippen molar-refractivity contribution < 1.29 is 23.1 Å². The molecule has 5 rings (SSSR count). The first-order valence-electron chi connectivity index (χ1n) is 12.9. The molecule has 0 unspecified atom stereocenters. The van der Waals surface area contributed by atoms with Crippen LogP contribution in [0.15, 0.2) is 36.4 Å². The largest absolute Gasteiger partial charge is 0.395 e. The summed E-state index contributed by atoms with van der Waals surface area (Å²) in [5.41, 5.74) is 1.98. The summed E-state index contributed by atoms with van der Waals surface area (Å²) < 4.78 is 32.6. The number of pyridine rings is 1. The molecule has 1 saturated carbocycles. The number of benzene rings is 1. The summed E-state index contributed by atoms with van der Waals surface area (Å²) >= 11 is 0. The molecule has 200 valence electrons. The highest BCUT2D eigenvalue weighted by atomic mass is 32.2. The van der Waals surface area contributed by atoms with Crippen LogP contribution in [0.3, 0.4) is 0 Å². The summed E-state index contributed by atoms with van der Waals surface area (Å²) in [6, 6.07) is 10.5. The monoisotopic (exact) mass is 529 g/mol. The third kappa shape index (κ3) is 6.16. The first kappa shape index (κ1) is 25.7. The van der Waals surface area contributed by atoms with E-state index in [9.17, 15) is 13.2 Å². The van der Waals surface area contributed by atoms with Crippen molar-refractivity contribution >= 4 is 38.9 Å². The predicted molar refractivity (Wildman–Crippen MR) is 144 cm³/mol. The van der Waals surface area contributed by atoms with Crippen LogP contribution in [0.2, 0.25) is 0 Å². The molecular weight excluding hydrogens is 494 g/mol. The Hall–Kier alpha value is -2.89. The third-order valence-electron chi connectivity index (χ3n) is 7.54. The molecule has 3 aliphatic rings. The first-order valence-corrected chi connectivity index (χ1v) is 14.6. The molecule has 1 atom stereocenters. The Morgan fingerprint density at radius 1 is 1.14 bits per heavy atom. The van der Waals surface area contributed by atoms with Crippen LogP contribution in [0, 0.1) is 5.41 Å². The van der Waals surface area contributed by atoms with Gasteiger partial charge < -0.3 is 25.0 Å². The Bertz CT molecular complexity index is 1240. The van der Waals surface area contributed by atoms with E-state index in [4.69, 9.17) is 9.84 Å². The van der Waals surface area contributed by atoms with Crippen LogP contribution >= 0.6 is 0 Å². The van der Waals surface area contributed by atoms with Gasteiger partial charge in [-0.3, -0.25) is 9.52 Å². The Morgan fingerprint density at radius 3 is 2.62 bits per heavy atom. The highest BCUT2D eigenvalue weighted by Gasteiger charge is 2.44. The fourth-order valence-corrected chi connectivity index (χ4v) is 6.01. The van der Waals surface area contributed by atoms with Crippen LogP contribution in [0.5, 0.6) is 0 Å². The average Bonchev–Trinajstić information content (AvgIpc) is 3.63. The van der Waals surface area contributed by atoms with Crippen LogP contribution < -0.4 is 19.8 Å². The maximum absolute atomic E-state index is 13.5. The number of rotatable bonds is 8. The minimum atomic E-state index is -3.68. The fourth-order valence-electron chi connectivity index (χ4n) is 5.18. The minimum absolute atomic E-state index is 0.115. The highest BCUT2D eigenvalue weighted by Crippen LogP contribution is 2.54. The van der Waals surface area contributed by atoms with Gasteiger partial charge in [0, 0.05) is 26.2 Å². The standard InChI is InChI=1S/C26H35N5O5S/c1-19-18-31(13-15-36-19)24-4-2-3-23(27-24)28-25(33)21-6-5-20(29-37(34,35)16-14-32)17-22(21)30-11-9-26(7-8-26)10-12-30/h2-6,17,19,29,32H,7-16,18H2,1H3,(H,27,28,33)/t19-/m1/s1. The Kier molecular flexibility index (Phi) is 7.28. The molecule has 0 bridgehead atoms. The second-order valence-corrected chi connectivity index (χ2v) is 12.2. The molecule has 2 aliphatic heterocycles. The van der Waals surface area contributed by atoms with Gasteiger partial charge in [-0.15, -0.1) is 0 Å². The number of carbonyl (C=O) groups excluding carboxylic acids is 1. The van der Waals surface area contributed by atoms with Crippen molar-refractivity contribution in [2.75, 3.05) is 65.0 Å². The van der Waals surface area contributed by atoms with E-state index in [-0.39, 0.29) is 17.8 Å². The molecule has 37 heavy (non-hydrogen) atoms. The van der Waals surface area contributed by atoms with Gasteiger partial charge in [0.2, 0.25) is 10.0 Å². The Balaban J connectivity index is 1.38. The number of amides is 1. The van der Waals surface area contributed by atoms with Gasteiger partial charge in [0.15, 0.2) is 0 Å². The van der Waals surface area contributed by atoms with E-state index in [0.29, 0.717) is 34.8 Å². The van der Waals surface area contributed by atoms with Crippen molar-refractivity contribution in [1.82, 2.24) is 4.98 Å². The molecule has 2 saturated heterocycles. The van der Waals surface area contributed by atoms with Crippen molar-refractivity contribution in [2.24, 2.45) is 5.41 Å². The molecule has 1 aromatic carbocycles. The van der Waals surface area contributed by atoms with Crippen molar-refractivity contribution in [3.05, 3.63) is 42.0 Å². The van der Waals surface area contributed by atoms with Gasteiger partial charge in [0.25, 0.3) is 5.91 Å². The number of piperidine rings is 1. The number of hydrogen-bond donors (Lipinski definition) is 3. The van der Waals surface area contributed by atoms with Crippen molar-refractivity contribution in [3.63, 3.8) is 0 Å². The number of nitrogens with one attached hydrogen (secondary N) is 2. The molecule has 1 spiro atoms. The van der Waals surface area contributed by atoms with E-state index < -0.39 is 16.6 Å². The smallest absolute Gasteiger partial charge is 0.258 e. The maximum atomic E-state index is 13.5. The van der Waals surface area contributed by atoms with Crippen LogP contribution in [-0.2, 0) is 14.8 Å². The summed E-state index contributed by atoms with van der Waals surface area (Å²) in [6.45, 7) is 5.30. The van der Waals surface area contributed by atoms with Gasteiger partial charge in [0.1, 0.15) is 11.6 Å². The number of morpholine rings is 1. The van der Waals surface area contributed by atoms with Gasteiger partial charge in [-0.1, -0.05) is 6.07 Å². The number of nitrogens with zero attached hydrogens (tertiary/aromatic N) is 3. The summed E-state index contributed by atoms with van der Waals surface area (Å²) in [4.78, 5) is 22.4. The number of hydrogen-bond acceptors (Lipinski definition) is 8. The molecule has 1 amide bonds. The zero-order chi connectivity index (χ0) is 26.0. The highest BCUT2D eigenvalue weighted by molar-refractivity contribution is 7.92. The third-order valence-corrected chi connectivity index (χ3v) is 8.81. The van der Waals surface area contributed by atoms with Gasteiger partial charge in [-0.2, -0.15) is 0 Å². The number of aromatic nitrogens is 1. The SMILES string of the molecule is C[C@@H]1CN(c2cccc(NC(=O)c3ccc(NS(=O)(=O)CCO)cc3N3CCC4(CC3)CC4)n2)CCO1. The Morgan fingerprint density at radius 2 is 1.92 bits per heavy atom. The lowest BCUT2D eigenvalue weighted by Crippen LogP contribution is -2.41. The van der Waals surface area contributed by atoms with E-state index in [2.05, 4.69) is 24.8 Å². The van der Waals surface area contributed by atoms with E-state index >= 15 is 0 Å². The van der Waals surface area contributed by atoms with E-state index in [1.54, 1.807) is 24.3 Å². The normalized spacial score (nSPS) is 21.1. The Labute approximate surface area is 218 Å². The van der Waals surface area contributed by atoms with Crippen LogP contribution in [0.4, 0.5) is 23.0 Å². The quantitative estimate of drug-likeness (QED) is 0.477. The molecule has 3 heterocycles. The van der Waals surface area contributed by atoms with Crippen molar-refractivity contribution in [2.45, 2.75) is 38.7 Å². The lowest BCUT2D eigenvalue weighted by atomic mass is 9.93. The summed E-state index contributed by atoms with van der Waals surface area (Å²) in [5.74, 6) is 0.552. The lowest BCUT2D eigenvalue weighted by Gasteiger charge is -2.35. The molecule has 1 aromatic heterocycles. The van der Waals surface area contributed by atoms with E-state index in [1.807, 2.05) is 19.1 Å². The summed E-state index contributed by atoms with van der Waals surface area (Å²) in [6.07, 6.45) is 4.77. The number of ether oxygens (including phenoxy) is 1. The number of aliphatic hydroxyl groups excluding tert-OH is 1. The number of aliphatic hydroxyl groups is 1. The summed E-state index contributed by atoms with van der Waals surface area (Å²) in [5, 5.41) is 12.0. The lowest BCUT2D eigenvalue weighted by molar-refractivity contribution is 0.0529. The zero-order valence-electron chi connectivity index (χ0n) is 21.1. The minimum Gasteiger partial charge on any atom is -0.395 e. The van der Waals surface area contributed by atoms with Crippen molar-refractivity contribution in [3.8, 4) is 0 Å². The summed E-state index contributed by atoms with van der Waals surface area (Å²) in [7, 11) is -3.68. The van der Waals surface area contributed by atoms with Crippen LogP contribution in [0.25, 0.3) is 0 Å². The molecule has 2 aromatic rings. The number of anilines is 4. The fraction of sp³-hybridized carbons (Fsp3) is 0.538. The molecule has 11 heteroatoms.